The molecule has 3 N–H and O–H groups in total. The van der Waals surface area contributed by atoms with Gasteiger partial charge in [0, 0.05) is 19.2 Å². The van der Waals surface area contributed by atoms with Gasteiger partial charge in [-0.2, -0.15) is 0 Å². The summed E-state index contributed by atoms with van der Waals surface area (Å²) in [6, 6.07) is 11.0. The Hall–Kier alpha value is -2.18. The summed E-state index contributed by atoms with van der Waals surface area (Å²) in [6.07, 6.45) is 7.39. The number of benzene rings is 1. The molecule has 0 spiro atoms. The highest BCUT2D eigenvalue weighted by Crippen LogP contribution is 2.29. The monoisotopic (exact) mass is 353 g/mol. The van der Waals surface area contributed by atoms with Crippen LogP contribution in [0.1, 0.15) is 36.8 Å². The van der Waals surface area contributed by atoms with Gasteiger partial charge in [0.05, 0.1) is 12.2 Å². The van der Waals surface area contributed by atoms with E-state index in [1.165, 1.54) is 31.2 Å². The summed E-state index contributed by atoms with van der Waals surface area (Å²) in [5.74, 6) is 2.54. The van der Waals surface area contributed by atoms with Crippen LogP contribution >= 0.6 is 0 Å². The smallest absolute Gasteiger partial charge is 0.150 e. The summed E-state index contributed by atoms with van der Waals surface area (Å²) in [6.45, 7) is 2.47. The standard InChI is InChI=1S/C20H27N5O/c1-2-4-15(5-3-1)10-11-26-13-16-6-8-17(9-7-16)24-19-18-12-23-25-20(18)22-14-21-19/h1-5,14,16-17,23H,6-13H2,(H2,21,22,24,25). The van der Waals surface area contributed by atoms with E-state index in [1.807, 2.05) is 0 Å². The van der Waals surface area contributed by atoms with Crippen molar-refractivity contribution in [2.24, 2.45) is 5.92 Å². The molecule has 26 heavy (non-hydrogen) atoms. The fourth-order valence-corrected chi connectivity index (χ4v) is 3.78. The fourth-order valence-electron chi connectivity index (χ4n) is 3.78. The zero-order valence-electron chi connectivity index (χ0n) is 15.1. The molecule has 0 amide bonds. The molecule has 6 nitrogen and oxygen atoms in total. The SMILES string of the molecule is c1ccc(CCOCC2CCC(Nc3ncnc4c3CNN4)CC2)cc1. The van der Waals surface area contributed by atoms with Crippen molar-refractivity contribution in [3.63, 3.8) is 0 Å². The Kier molecular flexibility index (Phi) is 5.62. The van der Waals surface area contributed by atoms with Crippen LogP contribution in [0.2, 0.25) is 0 Å². The van der Waals surface area contributed by atoms with Crippen LogP contribution in [0.4, 0.5) is 11.6 Å². The number of aromatic nitrogens is 2. The number of rotatable bonds is 7. The molecule has 1 aromatic heterocycles. The Morgan fingerprint density at radius 3 is 2.77 bits per heavy atom. The van der Waals surface area contributed by atoms with E-state index < -0.39 is 0 Å². The van der Waals surface area contributed by atoms with E-state index in [9.17, 15) is 0 Å². The van der Waals surface area contributed by atoms with Gasteiger partial charge in [-0.15, -0.1) is 0 Å². The lowest BCUT2D eigenvalue weighted by atomic mass is 9.86. The van der Waals surface area contributed by atoms with Gasteiger partial charge in [-0.1, -0.05) is 30.3 Å². The molecule has 0 atom stereocenters. The maximum Gasteiger partial charge on any atom is 0.150 e. The molecule has 1 saturated carbocycles. The molecule has 0 bridgehead atoms. The summed E-state index contributed by atoms with van der Waals surface area (Å²) in [5.41, 5.74) is 8.66. The molecule has 1 aliphatic heterocycles. The van der Waals surface area contributed by atoms with Gasteiger partial charge in [-0.05, 0) is 43.6 Å². The van der Waals surface area contributed by atoms with Crippen molar-refractivity contribution in [1.29, 1.82) is 0 Å². The number of nitrogens with zero attached hydrogens (tertiary/aromatic N) is 2. The number of fused-ring (bicyclic) bond motifs is 1. The molecule has 0 radical (unpaired) electrons. The van der Waals surface area contributed by atoms with Gasteiger partial charge in [0.1, 0.15) is 18.0 Å². The molecule has 2 aliphatic rings. The highest BCUT2D eigenvalue weighted by atomic mass is 16.5. The molecule has 0 unspecified atom stereocenters. The lowest BCUT2D eigenvalue weighted by Crippen LogP contribution is -2.28. The van der Waals surface area contributed by atoms with Gasteiger partial charge < -0.3 is 15.5 Å². The van der Waals surface area contributed by atoms with Crippen molar-refractivity contribution in [3.05, 3.63) is 47.8 Å². The third-order valence-electron chi connectivity index (χ3n) is 5.34. The predicted molar refractivity (Wildman–Crippen MR) is 103 cm³/mol. The van der Waals surface area contributed by atoms with Crippen LogP contribution in [0, 0.1) is 5.92 Å². The average molecular weight is 353 g/mol. The second kappa shape index (κ2) is 8.47. The summed E-state index contributed by atoms with van der Waals surface area (Å²) in [4.78, 5) is 8.67. The van der Waals surface area contributed by atoms with E-state index in [1.54, 1.807) is 6.33 Å². The maximum atomic E-state index is 5.93. The van der Waals surface area contributed by atoms with Gasteiger partial charge in [0.25, 0.3) is 0 Å². The van der Waals surface area contributed by atoms with Crippen LogP contribution in [0.5, 0.6) is 0 Å². The van der Waals surface area contributed by atoms with Gasteiger partial charge in [0.2, 0.25) is 0 Å². The number of ether oxygens (including phenoxy) is 1. The van der Waals surface area contributed by atoms with Crippen LogP contribution in [-0.2, 0) is 17.7 Å². The Labute approximate surface area is 154 Å². The molecule has 2 aromatic rings. The predicted octanol–water partition coefficient (Wildman–Crippen LogP) is 3.14. The quantitative estimate of drug-likeness (QED) is 0.664. The lowest BCUT2D eigenvalue weighted by Gasteiger charge is -2.29. The second-order valence-corrected chi connectivity index (χ2v) is 7.20. The molecule has 0 saturated heterocycles. The summed E-state index contributed by atoms with van der Waals surface area (Å²) >= 11 is 0. The molecule has 1 aromatic carbocycles. The first-order valence-corrected chi connectivity index (χ1v) is 9.59. The fraction of sp³-hybridized carbons (Fsp3) is 0.500. The minimum atomic E-state index is 0.496. The summed E-state index contributed by atoms with van der Waals surface area (Å²) < 4.78 is 5.93. The van der Waals surface area contributed by atoms with Crippen LogP contribution in [0.25, 0.3) is 0 Å². The van der Waals surface area contributed by atoms with E-state index in [0.29, 0.717) is 12.0 Å². The van der Waals surface area contributed by atoms with Crippen molar-refractivity contribution in [2.75, 3.05) is 24.0 Å². The van der Waals surface area contributed by atoms with Gasteiger partial charge >= 0.3 is 0 Å². The molecule has 1 aliphatic carbocycles. The number of anilines is 2. The topological polar surface area (TPSA) is 71.1 Å². The van der Waals surface area contributed by atoms with Crippen molar-refractivity contribution in [3.8, 4) is 0 Å². The van der Waals surface area contributed by atoms with Crippen molar-refractivity contribution >= 4 is 11.6 Å². The Bertz CT molecular complexity index is 701. The first kappa shape index (κ1) is 17.2. The molecular formula is C20H27N5O. The lowest BCUT2D eigenvalue weighted by molar-refractivity contribution is 0.0860. The van der Waals surface area contributed by atoms with Gasteiger partial charge in [0.15, 0.2) is 0 Å². The Morgan fingerprint density at radius 1 is 1.08 bits per heavy atom. The summed E-state index contributed by atoms with van der Waals surface area (Å²) in [5, 5.41) is 3.62. The number of hydrazine groups is 1. The molecule has 1 fully saturated rings. The van der Waals surface area contributed by atoms with Crippen molar-refractivity contribution in [1.82, 2.24) is 15.4 Å². The zero-order chi connectivity index (χ0) is 17.6. The Balaban J connectivity index is 1.17. The van der Waals surface area contributed by atoms with Crippen LogP contribution in [0.3, 0.4) is 0 Å². The van der Waals surface area contributed by atoms with Crippen molar-refractivity contribution in [2.45, 2.75) is 44.7 Å². The first-order chi connectivity index (χ1) is 12.9. The zero-order valence-corrected chi connectivity index (χ0v) is 15.1. The molecular weight excluding hydrogens is 326 g/mol. The third kappa shape index (κ3) is 4.31. The highest BCUT2D eigenvalue weighted by molar-refractivity contribution is 5.59. The van der Waals surface area contributed by atoms with E-state index >= 15 is 0 Å². The number of nitrogens with one attached hydrogen (secondary N) is 3. The van der Waals surface area contributed by atoms with Crippen LogP contribution in [0.15, 0.2) is 36.7 Å². The average Bonchev–Trinajstić information content (AvgIpc) is 3.17. The van der Waals surface area contributed by atoms with E-state index in [4.69, 9.17) is 4.74 Å². The summed E-state index contributed by atoms with van der Waals surface area (Å²) in [7, 11) is 0. The van der Waals surface area contributed by atoms with Crippen molar-refractivity contribution < 1.29 is 4.74 Å². The van der Waals surface area contributed by atoms with Crippen LogP contribution < -0.4 is 16.2 Å². The molecule has 4 rings (SSSR count). The minimum Gasteiger partial charge on any atom is -0.381 e. The van der Waals surface area contributed by atoms with E-state index in [-0.39, 0.29) is 0 Å². The maximum absolute atomic E-state index is 5.93. The molecule has 2 heterocycles. The van der Waals surface area contributed by atoms with Gasteiger partial charge in [-0.25, -0.2) is 15.4 Å². The van der Waals surface area contributed by atoms with Crippen LogP contribution in [-0.4, -0.2) is 29.2 Å². The molecule has 138 valence electrons. The minimum absolute atomic E-state index is 0.496. The molecule has 6 heteroatoms. The third-order valence-corrected chi connectivity index (χ3v) is 5.34. The van der Waals surface area contributed by atoms with E-state index in [2.05, 4.69) is 56.5 Å². The number of hydrogen-bond donors (Lipinski definition) is 3. The van der Waals surface area contributed by atoms with E-state index in [0.717, 1.165) is 43.4 Å². The second-order valence-electron chi connectivity index (χ2n) is 7.20. The number of hydrogen-bond acceptors (Lipinski definition) is 6. The largest absolute Gasteiger partial charge is 0.381 e. The first-order valence-electron chi connectivity index (χ1n) is 9.59. The highest BCUT2D eigenvalue weighted by Gasteiger charge is 2.24. The Morgan fingerprint density at radius 2 is 1.92 bits per heavy atom. The normalized spacial score (nSPS) is 21.8. The van der Waals surface area contributed by atoms with Gasteiger partial charge in [-0.3, -0.25) is 0 Å².